The molecule has 1 rings (SSSR count). The number of nitrogens with zero attached hydrogens (tertiary/aromatic N) is 3. The maximum atomic E-state index is 4.28. The summed E-state index contributed by atoms with van der Waals surface area (Å²) in [7, 11) is 0. The summed E-state index contributed by atoms with van der Waals surface area (Å²) in [5.74, 6) is 0.901. The van der Waals surface area contributed by atoms with Crippen LogP contribution in [0.2, 0.25) is 0 Å². The molecule has 1 aromatic rings. The molecule has 0 aliphatic heterocycles. The van der Waals surface area contributed by atoms with Gasteiger partial charge in [0.15, 0.2) is 5.82 Å². The fraction of sp³-hybridized carbons (Fsp3) is 0.571. The van der Waals surface area contributed by atoms with Crippen molar-refractivity contribution in [1.29, 1.82) is 0 Å². The predicted molar refractivity (Wildman–Crippen MR) is 76.7 cm³/mol. The van der Waals surface area contributed by atoms with E-state index in [1.165, 1.54) is 0 Å². The molecule has 0 amide bonds. The lowest BCUT2D eigenvalue weighted by Gasteiger charge is -2.25. The summed E-state index contributed by atoms with van der Waals surface area (Å²) in [6.45, 7) is 13.8. The zero-order valence-electron chi connectivity index (χ0n) is 11.8. The Labute approximate surface area is 110 Å². The van der Waals surface area contributed by atoms with Gasteiger partial charge in [0.1, 0.15) is 0 Å². The van der Waals surface area contributed by atoms with E-state index in [1.54, 1.807) is 0 Å². The number of rotatable bonds is 7. The average Bonchev–Trinajstić information content (AvgIpc) is 2.34. The van der Waals surface area contributed by atoms with Crippen LogP contribution in [0.5, 0.6) is 0 Å². The summed E-state index contributed by atoms with van der Waals surface area (Å²) in [5, 5.41) is 11.9. The van der Waals surface area contributed by atoms with Crippen LogP contribution in [-0.2, 0) is 6.54 Å². The van der Waals surface area contributed by atoms with Crippen LogP contribution < -0.4 is 10.2 Å². The Morgan fingerprint density at radius 2 is 2.00 bits per heavy atom. The zero-order chi connectivity index (χ0) is 13.5. The van der Waals surface area contributed by atoms with Crippen molar-refractivity contribution in [3.8, 4) is 0 Å². The Kier molecular flexibility index (Phi) is 5.78. The van der Waals surface area contributed by atoms with E-state index in [-0.39, 0.29) is 0 Å². The first-order valence-corrected chi connectivity index (χ1v) is 6.48. The van der Waals surface area contributed by atoms with Gasteiger partial charge in [-0.05, 0) is 26.0 Å². The van der Waals surface area contributed by atoms with E-state index in [0.29, 0.717) is 12.1 Å². The van der Waals surface area contributed by atoms with Crippen molar-refractivity contribution < 1.29 is 0 Å². The van der Waals surface area contributed by atoms with E-state index in [0.717, 1.165) is 24.6 Å². The summed E-state index contributed by atoms with van der Waals surface area (Å²) in [6, 6.07) is 4.89. The molecule has 4 heteroatoms. The second-order valence-electron chi connectivity index (χ2n) is 4.95. The van der Waals surface area contributed by atoms with Crippen LogP contribution in [0.4, 0.5) is 5.82 Å². The third kappa shape index (κ3) is 4.45. The summed E-state index contributed by atoms with van der Waals surface area (Å²) in [4.78, 5) is 2.17. The van der Waals surface area contributed by atoms with Crippen molar-refractivity contribution in [2.45, 2.75) is 46.3 Å². The van der Waals surface area contributed by atoms with E-state index in [2.05, 4.69) is 54.7 Å². The van der Waals surface area contributed by atoms with Crippen LogP contribution in [0.1, 0.15) is 33.4 Å². The standard InChI is InChI=1S/C14H24N4/c1-6-9-18(12(4)5)14-8-7-13(16-17-14)10-15-11(2)3/h6-8,11-12,15H,1,9-10H2,2-5H3. The number of anilines is 1. The van der Waals surface area contributed by atoms with Gasteiger partial charge in [0, 0.05) is 25.2 Å². The number of hydrogen-bond acceptors (Lipinski definition) is 4. The van der Waals surface area contributed by atoms with Crippen LogP contribution in [0.15, 0.2) is 24.8 Å². The molecule has 0 saturated heterocycles. The lowest BCUT2D eigenvalue weighted by atomic mass is 10.3. The third-order valence-corrected chi connectivity index (χ3v) is 2.64. The van der Waals surface area contributed by atoms with E-state index in [9.17, 15) is 0 Å². The summed E-state index contributed by atoms with van der Waals surface area (Å²) in [5.41, 5.74) is 0.967. The molecule has 4 nitrogen and oxygen atoms in total. The van der Waals surface area contributed by atoms with Gasteiger partial charge in [0.25, 0.3) is 0 Å². The van der Waals surface area contributed by atoms with Gasteiger partial charge in [-0.3, -0.25) is 0 Å². The maximum absolute atomic E-state index is 4.28. The summed E-state index contributed by atoms with van der Waals surface area (Å²) >= 11 is 0. The van der Waals surface area contributed by atoms with Crippen molar-refractivity contribution in [2.75, 3.05) is 11.4 Å². The van der Waals surface area contributed by atoms with Gasteiger partial charge < -0.3 is 10.2 Å². The molecule has 1 N–H and O–H groups in total. The first-order chi connectivity index (χ1) is 8.54. The lowest BCUT2D eigenvalue weighted by Crippen LogP contribution is -2.32. The highest BCUT2D eigenvalue weighted by molar-refractivity contribution is 5.39. The van der Waals surface area contributed by atoms with Crippen molar-refractivity contribution in [3.63, 3.8) is 0 Å². The smallest absolute Gasteiger partial charge is 0.151 e. The average molecular weight is 248 g/mol. The zero-order valence-corrected chi connectivity index (χ0v) is 11.8. The van der Waals surface area contributed by atoms with Gasteiger partial charge in [-0.1, -0.05) is 19.9 Å². The van der Waals surface area contributed by atoms with Gasteiger partial charge in [-0.25, -0.2) is 0 Å². The monoisotopic (exact) mass is 248 g/mol. The van der Waals surface area contributed by atoms with Gasteiger partial charge in [0.05, 0.1) is 5.69 Å². The predicted octanol–water partition coefficient (Wildman–Crippen LogP) is 2.38. The summed E-state index contributed by atoms with van der Waals surface area (Å²) < 4.78 is 0. The topological polar surface area (TPSA) is 41.0 Å². The van der Waals surface area contributed by atoms with E-state index >= 15 is 0 Å². The largest absolute Gasteiger partial charge is 0.349 e. The molecule has 0 fully saturated rings. The maximum Gasteiger partial charge on any atom is 0.151 e. The number of aromatic nitrogens is 2. The Morgan fingerprint density at radius 1 is 1.28 bits per heavy atom. The molecule has 1 aromatic heterocycles. The third-order valence-electron chi connectivity index (χ3n) is 2.64. The molecular weight excluding hydrogens is 224 g/mol. The van der Waals surface area contributed by atoms with Crippen LogP contribution in [0, 0.1) is 0 Å². The van der Waals surface area contributed by atoms with Crippen molar-refractivity contribution in [2.24, 2.45) is 0 Å². The molecule has 0 radical (unpaired) electrons. The van der Waals surface area contributed by atoms with Crippen LogP contribution >= 0.6 is 0 Å². The molecule has 0 spiro atoms. The highest BCUT2D eigenvalue weighted by Gasteiger charge is 2.10. The molecule has 0 atom stereocenters. The first-order valence-electron chi connectivity index (χ1n) is 6.48. The van der Waals surface area contributed by atoms with Crippen molar-refractivity contribution in [1.82, 2.24) is 15.5 Å². The Hall–Kier alpha value is -1.42. The fourth-order valence-electron chi connectivity index (χ4n) is 1.62. The Balaban J connectivity index is 2.70. The van der Waals surface area contributed by atoms with Gasteiger partial charge in [-0.2, -0.15) is 5.10 Å². The number of nitrogens with one attached hydrogen (secondary N) is 1. The summed E-state index contributed by atoms with van der Waals surface area (Å²) in [6.07, 6.45) is 1.88. The van der Waals surface area contributed by atoms with Crippen molar-refractivity contribution in [3.05, 3.63) is 30.5 Å². The molecule has 18 heavy (non-hydrogen) atoms. The minimum Gasteiger partial charge on any atom is -0.349 e. The lowest BCUT2D eigenvalue weighted by molar-refractivity contribution is 0.576. The molecule has 0 aliphatic rings. The molecule has 1 heterocycles. The normalized spacial score (nSPS) is 11.0. The quantitative estimate of drug-likeness (QED) is 0.752. The van der Waals surface area contributed by atoms with Gasteiger partial charge >= 0.3 is 0 Å². The van der Waals surface area contributed by atoms with Crippen LogP contribution in [0.3, 0.4) is 0 Å². The van der Waals surface area contributed by atoms with E-state index in [1.807, 2.05) is 18.2 Å². The fourth-order valence-corrected chi connectivity index (χ4v) is 1.62. The van der Waals surface area contributed by atoms with E-state index < -0.39 is 0 Å². The second kappa shape index (κ2) is 7.11. The SMILES string of the molecule is C=CCN(c1ccc(CNC(C)C)nn1)C(C)C. The molecule has 0 unspecified atom stereocenters. The molecule has 100 valence electrons. The number of hydrogen-bond donors (Lipinski definition) is 1. The first kappa shape index (κ1) is 14.6. The highest BCUT2D eigenvalue weighted by atomic mass is 15.3. The highest BCUT2D eigenvalue weighted by Crippen LogP contribution is 2.12. The molecule has 0 aliphatic carbocycles. The Bertz CT molecular complexity index is 357. The van der Waals surface area contributed by atoms with Gasteiger partial charge in [0.2, 0.25) is 0 Å². The molecule has 0 bridgehead atoms. The van der Waals surface area contributed by atoms with Crippen LogP contribution in [0.25, 0.3) is 0 Å². The van der Waals surface area contributed by atoms with Crippen LogP contribution in [-0.4, -0.2) is 28.8 Å². The molecule has 0 aromatic carbocycles. The van der Waals surface area contributed by atoms with Crippen molar-refractivity contribution >= 4 is 5.82 Å². The molecule has 0 saturated carbocycles. The minimum atomic E-state index is 0.386. The minimum absolute atomic E-state index is 0.386. The van der Waals surface area contributed by atoms with E-state index in [4.69, 9.17) is 0 Å². The Morgan fingerprint density at radius 3 is 2.44 bits per heavy atom. The molecular formula is C14H24N4. The second-order valence-corrected chi connectivity index (χ2v) is 4.95. The van der Waals surface area contributed by atoms with Gasteiger partial charge in [-0.15, -0.1) is 11.7 Å².